The number of hydrogen-bond donors (Lipinski definition) is 3. The van der Waals surface area contributed by atoms with Crippen LogP contribution in [0.4, 0.5) is 9.18 Å². The van der Waals surface area contributed by atoms with Crippen LogP contribution in [0.2, 0.25) is 5.02 Å². The number of urea groups is 1. The summed E-state index contributed by atoms with van der Waals surface area (Å²) in [4.78, 5) is 11.6. The molecule has 106 valence electrons. The molecule has 0 saturated heterocycles. The van der Waals surface area contributed by atoms with Crippen LogP contribution < -0.4 is 10.6 Å². The third kappa shape index (κ3) is 5.44. The summed E-state index contributed by atoms with van der Waals surface area (Å²) >= 11 is 5.65. The predicted molar refractivity (Wildman–Crippen MR) is 72.6 cm³/mol. The molecule has 1 aromatic carbocycles. The van der Waals surface area contributed by atoms with Crippen LogP contribution in [0, 0.1) is 5.82 Å². The van der Waals surface area contributed by atoms with E-state index in [1.54, 1.807) is 6.07 Å². The van der Waals surface area contributed by atoms with E-state index in [1.807, 2.05) is 6.92 Å². The number of amides is 2. The second-order valence-electron chi connectivity index (χ2n) is 4.19. The van der Waals surface area contributed by atoms with Gasteiger partial charge in [0.05, 0.1) is 5.02 Å². The Morgan fingerprint density at radius 2 is 2.26 bits per heavy atom. The predicted octanol–water partition coefficient (Wildman–Crippen LogP) is 2.44. The van der Waals surface area contributed by atoms with Gasteiger partial charge in [-0.05, 0) is 30.5 Å². The SMILES string of the molecule is CCC(CCO)NC(=O)NCc1ccc(F)c(Cl)c1. The first-order chi connectivity index (χ1) is 9.06. The van der Waals surface area contributed by atoms with Crippen LogP contribution in [0.1, 0.15) is 25.3 Å². The van der Waals surface area contributed by atoms with Crippen molar-refractivity contribution >= 4 is 17.6 Å². The minimum Gasteiger partial charge on any atom is -0.396 e. The Balaban J connectivity index is 2.43. The Labute approximate surface area is 117 Å². The quantitative estimate of drug-likeness (QED) is 0.753. The van der Waals surface area contributed by atoms with Crippen molar-refractivity contribution in [1.82, 2.24) is 10.6 Å². The second-order valence-corrected chi connectivity index (χ2v) is 4.60. The fourth-order valence-electron chi connectivity index (χ4n) is 1.60. The Bertz CT molecular complexity index is 429. The van der Waals surface area contributed by atoms with E-state index in [4.69, 9.17) is 16.7 Å². The van der Waals surface area contributed by atoms with Crippen molar-refractivity contribution in [3.63, 3.8) is 0 Å². The molecule has 0 aliphatic rings. The van der Waals surface area contributed by atoms with E-state index in [9.17, 15) is 9.18 Å². The smallest absolute Gasteiger partial charge is 0.315 e. The normalized spacial score (nSPS) is 12.0. The van der Waals surface area contributed by atoms with Gasteiger partial charge in [0.1, 0.15) is 5.82 Å². The molecule has 6 heteroatoms. The molecule has 1 aromatic rings. The van der Waals surface area contributed by atoms with E-state index < -0.39 is 5.82 Å². The van der Waals surface area contributed by atoms with Crippen molar-refractivity contribution in [2.75, 3.05) is 6.61 Å². The van der Waals surface area contributed by atoms with Gasteiger partial charge in [-0.15, -0.1) is 0 Å². The Hall–Kier alpha value is -1.33. The maximum atomic E-state index is 12.9. The van der Waals surface area contributed by atoms with Gasteiger partial charge >= 0.3 is 6.03 Å². The number of aliphatic hydroxyl groups is 1. The average molecular weight is 289 g/mol. The molecule has 19 heavy (non-hydrogen) atoms. The topological polar surface area (TPSA) is 61.4 Å². The number of rotatable bonds is 6. The summed E-state index contributed by atoms with van der Waals surface area (Å²) < 4.78 is 12.9. The molecule has 3 N–H and O–H groups in total. The highest BCUT2D eigenvalue weighted by Gasteiger charge is 2.09. The summed E-state index contributed by atoms with van der Waals surface area (Å²) in [7, 11) is 0. The third-order valence-electron chi connectivity index (χ3n) is 2.74. The van der Waals surface area contributed by atoms with E-state index in [0.717, 1.165) is 12.0 Å². The highest BCUT2D eigenvalue weighted by atomic mass is 35.5. The first-order valence-electron chi connectivity index (χ1n) is 6.16. The van der Waals surface area contributed by atoms with Gasteiger partial charge in [-0.3, -0.25) is 0 Å². The first kappa shape index (κ1) is 15.7. The standard InChI is InChI=1S/C13H18ClFN2O2/c1-2-10(5-6-18)17-13(19)16-8-9-3-4-12(15)11(14)7-9/h3-4,7,10,18H,2,5-6,8H2,1H3,(H2,16,17,19). The summed E-state index contributed by atoms with van der Waals surface area (Å²) in [5.41, 5.74) is 0.719. The molecular formula is C13H18ClFN2O2. The average Bonchev–Trinajstić information content (AvgIpc) is 2.39. The van der Waals surface area contributed by atoms with Gasteiger partial charge in [-0.1, -0.05) is 24.6 Å². The molecule has 0 spiro atoms. The minimum absolute atomic E-state index is 0.0337. The van der Waals surface area contributed by atoms with E-state index >= 15 is 0 Å². The number of aliphatic hydroxyl groups excluding tert-OH is 1. The molecule has 0 aromatic heterocycles. The molecule has 4 nitrogen and oxygen atoms in total. The lowest BCUT2D eigenvalue weighted by Crippen LogP contribution is -2.41. The second kappa shape index (κ2) is 7.96. The Morgan fingerprint density at radius 3 is 2.84 bits per heavy atom. The van der Waals surface area contributed by atoms with Crippen LogP contribution in [0.15, 0.2) is 18.2 Å². The molecule has 1 unspecified atom stereocenters. The maximum absolute atomic E-state index is 12.9. The lowest BCUT2D eigenvalue weighted by atomic mass is 10.1. The van der Waals surface area contributed by atoms with Crippen LogP contribution in [-0.4, -0.2) is 23.8 Å². The molecule has 0 aliphatic carbocycles. The van der Waals surface area contributed by atoms with Gasteiger partial charge in [0.2, 0.25) is 0 Å². The monoisotopic (exact) mass is 288 g/mol. The van der Waals surface area contributed by atoms with Crippen molar-refractivity contribution in [2.45, 2.75) is 32.4 Å². The summed E-state index contributed by atoms with van der Waals surface area (Å²) in [6, 6.07) is 3.93. The van der Waals surface area contributed by atoms with Crippen LogP contribution in [-0.2, 0) is 6.54 Å². The zero-order chi connectivity index (χ0) is 14.3. The molecule has 1 rings (SSSR count). The zero-order valence-corrected chi connectivity index (χ0v) is 11.5. The van der Waals surface area contributed by atoms with E-state index in [0.29, 0.717) is 6.42 Å². The first-order valence-corrected chi connectivity index (χ1v) is 6.53. The molecule has 0 aliphatic heterocycles. The Morgan fingerprint density at radius 1 is 1.53 bits per heavy atom. The highest BCUT2D eigenvalue weighted by Crippen LogP contribution is 2.15. The van der Waals surface area contributed by atoms with Gasteiger partial charge in [0, 0.05) is 19.2 Å². The number of nitrogens with one attached hydrogen (secondary N) is 2. The fourth-order valence-corrected chi connectivity index (χ4v) is 1.81. The van der Waals surface area contributed by atoms with Crippen LogP contribution in [0.5, 0.6) is 0 Å². The van der Waals surface area contributed by atoms with Crippen LogP contribution in [0.3, 0.4) is 0 Å². The number of carbonyl (C=O) groups excluding carboxylic acids is 1. The zero-order valence-electron chi connectivity index (χ0n) is 10.7. The fraction of sp³-hybridized carbons (Fsp3) is 0.462. The number of carbonyl (C=O) groups is 1. The maximum Gasteiger partial charge on any atom is 0.315 e. The third-order valence-corrected chi connectivity index (χ3v) is 3.03. The van der Waals surface area contributed by atoms with Crippen LogP contribution >= 0.6 is 11.6 Å². The Kier molecular flexibility index (Phi) is 6.59. The summed E-state index contributed by atoms with van der Waals surface area (Å²) in [6.45, 7) is 2.23. The summed E-state index contributed by atoms with van der Waals surface area (Å²) in [6.07, 6.45) is 1.27. The molecule has 1 atom stereocenters. The van der Waals surface area contributed by atoms with Crippen molar-refractivity contribution in [1.29, 1.82) is 0 Å². The minimum atomic E-state index is -0.483. The molecule has 0 radical (unpaired) electrons. The van der Waals surface area contributed by atoms with Gasteiger partial charge in [-0.2, -0.15) is 0 Å². The van der Waals surface area contributed by atoms with Crippen molar-refractivity contribution < 1.29 is 14.3 Å². The van der Waals surface area contributed by atoms with Gasteiger partial charge in [-0.25, -0.2) is 9.18 Å². The van der Waals surface area contributed by atoms with E-state index in [2.05, 4.69) is 10.6 Å². The van der Waals surface area contributed by atoms with Gasteiger partial charge in [0.25, 0.3) is 0 Å². The number of hydrogen-bond acceptors (Lipinski definition) is 2. The van der Waals surface area contributed by atoms with Crippen LogP contribution in [0.25, 0.3) is 0 Å². The molecule has 2 amide bonds. The molecular weight excluding hydrogens is 271 g/mol. The molecule has 0 fully saturated rings. The van der Waals surface area contributed by atoms with Crippen molar-refractivity contribution in [3.8, 4) is 0 Å². The van der Waals surface area contributed by atoms with Crippen molar-refractivity contribution in [3.05, 3.63) is 34.6 Å². The lowest BCUT2D eigenvalue weighted by Gasteiger charge is -2.16. The largest absolute Gasteiger partial charge is 0.396 e. The number of benzene rings is 1. The molecule has 0 saturated carbocycles. The lowest BCUT2D eigenvalue weighted by molar-refractivity contribution is 0.227. The van der Waals surface area contributed by atoms with E-state index in [1.165, 1.54) is 12.1 Å². The molecule has 0 heterocycles. The summed E-state index contributed by atoms with van der Waals surface area (Å²) in [5.74, 6) is -0.483. The highest BCUT2D eigenvalue weighted by molar-refractivity contribution is 6.30. The van der Waals surface area contributed by atoms with Gasteiger partial charge < -0.3 is 15.7 Å². The van der Waals surface area contributed by atoms with Gasteiger partial charge in [0.15, 0.2) is 0 Å². The van der Waals surface area contributed by atoms with Crippen molar-refractivity contribution in [2.24, 2.45) is 0 Å². The molecule has 0 bridgehead atoms. The summed E-state index contributed by atoms with van der Waals surface area (Å²) in [5, 5.41) is 14.3. The van der Waals surface area contributed by atoms with E-state index in [-0.39, 0.29) is 30.2 Å². The number of halogens is 2.